The van der Waals surface area contributed by atoms with Crippen LogP contribution in [-0.2, 0) is 10.9 Å². The number of alkyl halides is 3. The highest BCUT2D eigenvalue weighted by Gasteiger charge is 2.32. The molecule has 0 spiro atoms. The lowest BCUT2D eigenvalue weighted by atomic mass is 10.2. The zero-order chi connectivity index (χ0) is 18.4. The van der Waals surface area contributed by atoms with Crippen LogP contribution in [0.15, 0.2) is 12.3 Å². The fourth-order valence-corrected chi connectivity index (χ4v) is 2.71. The molecule has 0 bridgehead atoms. The Hall–Kier alpha value is -1.74. The number of piperazine rings is 1. The van der Waals surface area contributed by atoms with Crippen LogP contribution in [0.2, 0.25) is 5.02 Å². The van der Waals surface area contributed by atoms with E-state index in [0.717, 1.165) is 12.3 Å². The number of urea groups is 1. The molecule has 0 aliphatic carbocycles. The Bertz CT molecular complexity index is 593. The number of nitrogens with one attached hydrogen (secondary N) is 1. The molecule has 1 saturated heterocycles. The summed E-state index contributed by atoms with van der Waals surface area (Å²) in [4.78, 5) is 19.3. The van der Waals surface area contributed by atoms with Gasteiger partial charge in [0.05, 0.1) is 17.2 Å². The summed E-state index contributed by atoms with van der Waals surface area (Å²) < 4.78 is 43.1. The highest BCUT2D eigenvalue weighted by Crippen LogP contribution is 2.33. The van der Waals surface area contributed by atoms with Crippen LogP contribution in [0.4, 0.5) is 23.8 Å². The van der Waals surface area contributed by atoms with E-state index >= 15 is 0 Å². The first-order valence-electron chi connectivity index (χ1n) is 7.91. The van der Waals surface area contributed by atoms with Crippen LogP contribution < -0.4 is 10.2 Å². The number of carbonyl (C=O) groups is 1. The summed E-state index contributed by atoms with van der Waals surface area (Å²) in [5.74, 6) is 0.297. The number of hydrogen-bond donors (Lipinski definition) is 1. The largest absolute Gasteiger partial charge is 0.417 e. The number of hydrogen-bond acceptors (Lipinski definition) is 4. The first-order chi connectivity index (χ1) is 11.8. The van der Waals surface area contributed by atoms with E-state index in [0.29, 0.717) is 51.8 Å². The maximum atomic E-state index is 12.7. The third-order valence-electron chi connectivity index (χ3n) is 3.74. The van der Waals surface area contributed by atoms with Gasteiger partial charge in [-0.3, -0.25) is 0 Å². The van der Waals surface area contributed by atoms with Crippen molar-refractivity contribution in [1.29, 1.82) is 0 Å². The van der Waals surface area contributed by atoms with Gasteiger partial charge in [-0.1, -0.05) is 11.6 Å². The van der Waals surface area contributed by atoms with Crippen molar-refractivity contribution >= 4 is 23.4 Å². The zero-order valence-corrected chi connectivity index (χ0v) is 14.5. The van der Waals surface area contributed by atoms with Crippen molar-refractivity contribution in [2.24, 2.45) is 0 Å². The molecule has 2 heterocycles. The lowest BCUT2D eigenvalue weighted by Gasteiger charge is -2.35. The Morgan fingerprint density at radius 2 is 2.04 bits per heavy atom. The van der Waals surface area contributed by atoms with Crippen LogP contribution in [0.25, 0.3) is 0 Å². The van der Waals surface area contributed by atoms with E-state index in [1.54, 1.807) is 9.80 Å². The molecule has 2 rings (SSSR count). The quantitative estimate of drug-likeness (QED) is 0.798. The van der Waals surface area contributed by atoms with E-state index in [9.17, 15) is 18.0 Å². The molecule has 140 valence electrons. The molecule has 0 atom stereocenters. The summed E-state index contributed by atoms with van der Waals surface area (Å²) in [7, 11) is 0. The van der Waals surface area contributed by atoms with Crippen LogP contribution in [0.1, 0.15) is 12.5 Å². The summed E-state index contributed by atoms with van der Waals surface area (Å²) >= 11 is 5.95. The van der Waals surface area contributed by atoms with E-state index in [1.807, 2.05) is 6.92 Å². The summed E-state index contributed by atoms with van der Waals surface area (Å²) in [6.07, 6.45) is -3.71. The summed E-state index contributed by atoms with van der Waals surface area (Å²) in [6.45, 7) is 5.09. The molecule has 2 amide bonds. The molecule has 0 radical (unpaired) electrons. The van der Waals surface area contributed by atoms with Gasteiger partial charge in [-0.25, -0.2) is 9.78 Å². The summed E-state index contributed by atoms with van der Waals surface area (Å²) in [5.41, 5.74) is -0.881. The van der Waals surface area contributed by atoms with Gasteiger partial charge in [0, 0.05) is 45.5 Å². The van der Waals surface area contributed by atoms with Crippen molar-refractivity contribution in [2.75, 3.05) is 50.8 Å². The predicted molar refractivity (Wildman–Crippen MR) is 87.9 cm³/mol. The predicted octanol–water partition coefficient (Wildman–Crippen LogP) is 2.62. The molecular weight excluding hydrogens is 361 g/mol. The van der Waals surface area contributed by atoms with Crippen LogP contribution in [0.3, 0.4) is 0 Å². The van der Waals surface area contributed by atoms with E-state index in [-0.39, 0.29) is 11.1 Å². The maximum absolute atomic E-state index is 12.7. The zero-order valence-electron chi connectivity index (χ0n) is 13.8. The van der Waals surface area contributed by atoms with Gasteiger partial charge in [0.2, 0.25) is 0 Å². The molecule has 1 N–H and O–H groups in total. The Labute approximate surface area is 148 Å². The number of pyridine rings is 1. The fourth-order valence-electron chi connectivity index (χ4n) is 2.43. The monoisotopic (exact) mass is 380 g/mol. The van der Waals surface area contributed by atoms with Gasteiger partial charge < -0.3 is 19.9 Å². The minimum atomic E-state index is -4.48. The molecule has 0 unspecified atom stereocenters. The lowest BCUT2D eigenvalue weighted by molar-refractivity contribution is -0.137. The molecule has 1 aliphatic rings. The number of anilines is 1. The number of halogens is 4. The Balaban J connectivity index is 1.88. The Morgan fingerprint density at radius 1 is 1.36 bits per heavy atom. The van der Waals surface area contributed by atoms with Crippen molar-refractivity contribution in [2.45, 2.75) is 13.1 Å². The van der Waals surface area contributed by atoms with Crippen molar-refractivity contribution in [3.05, 3.63) is 22.8 Å². The van der Waals surface area contributed by atoms with Crippen LogP contribution in [-0.4, -0.2) is 61.9 Å². The second-order valence-electron chi connectivity index (χ2n) is 5.43. The summed E-state index contributed by atoms with van der Waals surface area (Å²) in [5, 5.41) is 2.70. The van der Waals surface area contributed by atoms with E-state index in [1.165, 1.54) is 0 Å². The number of amides is 2. The van der Waals surface area contributed by atoms with Gasteiger partial charge in [0.1, 0.15) is 5.82 Å². The fraction of sp³-hybridized carbons (Fsp3) is 0.600. The number of rotatable bonds is 5. The van der Waals surface area contributed by atoms with Crippen molar-refractivity contribution in [1.82, 2.24) is 15.2 Å². The van der Waals surface area contributed by atoms with Gasteiger partial charge in [-0.15, -0.1) is 0 Å². The molecule has 25 heavy (non-hydrogen) atoms. The van der Waals surface area contributed by atoms with Gasteiger partial charge in [-0.05, 0) is 13.0 Å². The van der Waals surface area contributed by atoms with E-state index in [2.05, 4.69) is 10.3 Å². The average Bonchev–Trinajstić information content (AvgIpc) is 2.58. The smallest absolute Gasteiger partial charge is 0.380 e. The van der Waals surface area contributed by atoms with Gasteiger partial charge in [0.25, 0.3) is 0 Å². The minimum absolute atomic E-state index is 0.0514. The first kappa shape index (κ1) is 19.6. The molecule has 1 aromatic rings. The highest BCUT2D eigenvalue weighted by molar-refractivity contribution is 6.33. The normalized spacial score (nSPS) is 15.4. The van der Waals surface area contributed by atoms with E-state index in [4.69, 9.17) is 16.3 Å². The Morgan fingerprint density at radius 3 is 2.60 bits per heavy atom. The third kappa shape index (κ3) is 5.37. The first-order valence-corrected chi connectivity index (χ1v) is 8.29. The maximum Gasteiger partial charge on any atom is 0.417 e. The standard InChI is InChI=1S/C15H20ClF3N4O2/c1-2-25-8-3-20-14(24)23-6-4-22(5-7-23)13-12(16)9-11(10-21-13)15(17,18)19/h9-10H,2-8H2,1H3,(H,20,24). The van der Waals surface area contributed by atoms with Crippen molar-refractivity contribution in [3.63, 3.8) is 0 Å². The molecule has 0 aromatic carbocycles. The SMILES string of the molecule is CCOCCNC(=O)N1CCN(c2ncc(C(F)(F)F)cc2Cl)CC1. The molecular formula is C15H20ClF3N4O2. The van der Waals surface area contributed by atoms with Gasteiger partial charge >= 0.3 is 12.2 Å². The topological polar surface area (TPSA) is 57.7 Å². The van der Waals surface area contributed by atoms with E-state index < -0.39 is 11.7 Å². The van der Waals surface area contributed by atoms with Crippen LogP contribution in [0.5, 0.6) is 0 Å². The Kier molecular flexibility index (Phi) is 6.71. The van der Waals surface area contributed by atoms with Gasteiger partial charge in [-0.2, -0.15) is 13.2 Å². The highest BCUT2D eigenvalue weighted by atomic mass is 35.5. The lowest BCUT2D eigenvalue weighted by Crippen LogP contribution is -2.52. The second-order valence-corrected chi connectivity index (χ2v) is 5.84. The number of carbonyl (C=O) groups excluding carboxylic acids is 1. The van der Waals surface area contributed by atoms with Gasteiger partial charge in [0.15, 0.2) is 0 Å². The molecule has 10 heteroatoms. The summed E-state index contributed by atoms with van der Waals surface area (Å²) in [6, 6.07) is 0.683. The molecule has 1 aliphatic heterocycles. The molecule has 1 fully saturated rings. The number of aromatic nitrogens is 1. The second kappa shape index (κ2) is 8.57. The average molecular weight is 381 g/mol. The molecule has 0 saturated carbocycles. The third-order valence-corrected chi connectivity index (χ3v) is 4.02. The van der Waals surface area contributed by atoms with Crippen LogP contribution in [0, 0.1) is 0 Å². The molecule has 6 nitrogen and oxygen atoms in total. The van der Waals surface area contributed by atoms with Crippen LogP contribution >= 0.6 is 11.6 Å². The van der Waals surface area contributed by atoms with Crippen molar-refractivity contribution < 1.29 is 22.7 Å². The minimum Gasteiger partial charge on any atom is -0.380 e. The number of nitrogens with zero attached hydrogens (tertiary/aromatic N) is 3. The number of ether oxygens (including phenoxy) is 1. The molecule has 1 aromatic heterocycles. The van der Waals surface area contributed by atoms with Crippen molar-refractivity contribution in [3.8, 4) is 0 Å².